The molecular weight excluding hydrogens is 458 g/mol. The lowest BCUT2D eigenvalue weighted by atomic mass is 10.0. The lowest BCUT2D eigenvalue weighted by Gasteiger charge is -2.32. The smallest absolute Gasteiger partial charge is 0.314 e. The minimum atomic E-state index is -0.0750. The van der Waals surface area contributed by atoms with Gasteiger partial charge in [0.2, 0.25) is 0 Å². The quantitative estimate of drug-likeness (QED) is 0.103. The minimum absolute atomic E-state index is 0.0688. The topological polar surface area (TPSA) is 35.5 Å². The molecule has 1 atom stereocenters. The van der Waals surface area contributed by atoms with Gasteiger partial charge in [-0.05, 0) is 49.8 Å². The number of unbranched alkanes of at least 4 members (excludes halogenated alkanes) is 7. The highest BCUT2D eigenvalue weighted by molar-refractivity contribution is 5.72. The summed E-state index contributed by atoms with van der Waals surface area (Å²) in [6.45, 7) is 7.13. The number of carbonyl (C=O) groups excluding carboxylic acids is 1. The van der Waals surface area contributed by atoms with Crippen LogP contribution in [-0.2, 0) is 22.5 Å². The van der Waals surface area contributed by atoms with E-state index >= 15 is 0 Å². The van der Waals surface area contributed by atoms with Crippen LogP contribution in [0.2, 0.25) is 0 Å². The second kappa shape index (κ2) is 18.0. The van der Waals surface area contributed by atoms with Crippen LogP contribution in [0.1, 0.15) is 89.2 Å². The Labute approximate surface area is 227 Å². The van der Waals surface area contributed by atoms with Gasteiger partial charge in [-0.3, -0.25) is 4.79 Å². The lowest BCUT2D eigenvalue weighted by molar-refractivity contribution is -0.906. The van der Waals surface area contributed by atoms with E-state index in [1.165, 1.54) is 56.1 Å². The molecule has 0 aliphatic carbocycles. The molecule has 0 saturated heterocycles. The molecule has 0 amide bonds. The Morgan fingerprint density at radius 1 is 0.784 bits per heavy atom. The van der Waals surface area contributed by atoms with Gasteiger partial charge in [0, 0.05) is 5.56 Å². The van der Waals surface area contributed by atoms with Crippen molar-refractivity contribution in [1.29, 1.82) is 0 Å². The highest BCUT2D eigenvalue weighted by Gasteiger charge is 2.27. The number of rotatable bonds is 20. The van der Waals surface area contributed by atoms with E-state index in [-0.39, 0.29) is 11.9 Å². The third kappa shape index (κ3) is 13.7. The molecule has 0 radical (unpaired) electrons. The first-order chi connectivity index (χ1) is 17.9. The molecule has 0 aromatic heterocycles. The Morgan fingerprint density at radius 2 is 1.46 bits per heavy atom. The molecule has 4 heteroatoms. The molecule has 2 aromatic rings. The van der Waals surface area contributed by atoms with E-state index in [1.807, 2.05) is 12.1 Å². The van der Waals surface area contributed by atoms with E-state index in [0.29, 0.717) is 13.2 Å². The highest BCUT2D eigenvalue weighted by Crippen LogP contribution is 2.18. The average molecular weight is 511 g/mol. The maximum absolute atomic E-state index is 12.7. The van der Waals surface area contributed by atoms with Crippen molar-refractivity contribution in [3.05, 3.63) is 65.7 Å². The zero-order valence-electron chi connectivity index (χ0n) is 24.1. The molecule has 0 bridgehead atoms. The molecule has 0 saturated carbocycles. The fraction of sp³-hybridized carbons (Fsp3) is 0.606. The van der Waals surface area contributed by atoms with E-state index in [4.69, 9.17) is 9.47 Å². The first-order valence-corrected chi connectivity index (χ1v) is 14.7. The molecular formula is C33H52NO3+. The molecule has 0 aliphatic heterocycles. The predicted molar refractivity (Wildman–Crippen MR) is 155 cm³/mol. The molecule has 1 unspecified atom stereocenters. The molecule has 0 spiro atoms. The number of benzene rings is 2. The lowest BCUT2D eigenvalue weighted by Crippen LogP contribution is -2.44. The van der Waals surface area contributed by atoms with Crippen LogP contribution in [-0.4, -0.2) is 44.3 Å². The van der Waals surface area contributed by atoms with Crippen molar-refractivity contribution < 1.29 is 18.8 Å². The summed E-state index contributed by atoms with van der Waals surface area (Å²) in [6, 6.07) is 19.0. The number of ether oxygens (including phenoxy) is 2. The highest BCUT2D eigenvalue weighted by atomic mass is 16.5. The average Bonchev–Trinajstić information content (AvgIpc) is 2.89. The van der Waals surface area contributed by atoms with Crippen LogP contribution in [0.25, 0.3) is 0 Å². The summed E-state index contributed by atoms with van der Waals surface area (Å²) < 4.78 is 12.4. The van der Waals surface area contributed by atoms with Crippen molar-refractivity contribution in [2.75, 3.05) is 33.9 Å². The van der Waals surface area contributed by atoms with Gasteiger partial charge in [-0.15, -0.1) is 0 Å². The van der Waals surface area contributed by atoms with Crippen LogP contribution >= 0.6 is 0 Å². The third-order valence-electron chi connectivity index (χ3n) is 7.01. The molecule has 4 nitrogen and oxygen atoms in total. The number of hydrogen-bond donors (Lipinski definition) is 0. The number of aryl methyl sites for hydroxylation is 1. The van der Waals surface area contributed by atoms with Gasteiger partial charge >= 0.3 is 5.97 Å². The monoisotopic (exact) mass is 510 g/mol. The molecule has 206 valence electrons. The number of hydrogen-bond acceptors (Lipinski definition) is 3. The summed E-state index contributed by atoms with van der Waals surface area (Å²) in [5.41, 5.74) is 2.65. The van der Waals surface area contributed by atoms with Gasteiger partial charge in [-0.1, -0.05) is 94.8 Å². The number of nitrogens with zero attached hydrogens (tertiary/aromatic N) is 1. The van der Waals surface area contributed by atoms with Crippen molar-refractivity contribution in [3.8, 4) is 5.75 Å². The Balaban J connectivity index is 1.60. The maximum Gasteiger partial charge on any atom is 0.314 e. The summed E-state index contributed by atoms with van der Waals surface area (Å²) in [7, 11) is 4.37. The molecule has 2 rings (SSSR count). The molecule has 2 aromatic carbocycles. The second-order valence-electron chi connectivity index (χ2n) is 11.1. The van der Waals surface area contributed by atoms with Crippen LogP contribution in [0.3, 0.4) is 0 Å². The first-order valence-electron chi connectivity index (χ1n) is 14.7. The molecule has 37 heavy (non-hydrogen) atoms. The number of quaternary nitrogens is 1. The second-order valence-corrected chi connectivity index (χ2v) is 11.1. The minimum Gasteiger partial charge on any atom is -0.494 e. The largest absolute Gasteiger partial charge is 0.494 e. The fourth-order valence-corrected chi connectivity index (χ4v) is 4.87. The maximum atomic E-state index is 12.7. The van der Waals surface area contributed by atoms with Crippen LogP contribution in [0.4, 0.5) is 0 Å². The Bertz CT molecular complexity index is 865. The Hall–Kier alpha value is -2.33. The van der Waals surface area contributed by atoms with Crippen molar-refractivity contribution in [1.82, 2.24) is 0 Å². The molecule has 0 aliphatic rings. The normalized spacial score (nSPS) is 12.3. The van der Waals surface area contributed by atoms with E-state index in [9.17, 15) is 4.79 Å². The summed E-state index contributed by atoms with van der Waals surface area (Å²) in [6.07, 6.45) is 13.0. The standard InChI is InChI=1S/C33H52NO3/c1-5-7-8-9-10-11-13-19-29-22-18-23-32(26-29)36-24-16-17-25-37-33(35)31(6-2)28-34(3,4)27-30-20-14-12-15-21-30/h12,14-15,18,20-23,26,31H,5-11,13,16-17,19,24-25,27-28H2,1-4H3/q+1. The van der Waals surface area contributed by atoms with Crippen LogP contribution < -0.4 is 4.74 Å². The van der Waals surface area contributed by atoms with Gasteiger partial charge in [0.05, 0.1) is 33.9 Å². The van der Waals surface area contributed by atoms with Crippen molar-refractivity contribution in [3.63, 3.8) is 0 Å². The van der Waals surface area contributed by atoms with Crippen molar-refractivity contribution >= 4 is 5.97 Å². The summed E-state index contributed by atoms with van der Waals surface area (Å²) in [4.78, 5) is 12.7. The summed E-state index contributed by atoms with van der Waals surface area (Å²) in [5, 5.41) is 0. The number of esters is 1. The molecule has 0 N–H and O–H groups in total. The third-order valence-corrected chi connectivity index (χ3v) is 7.01. The molecule has 0 fully saturated rings. The first kappa shape index (κ1) is 30.9. The summed E-state index contributed by atoms with van der Waals surface area (Å²) in [5.74, 6) is 0.802. The van der Waals surface area contributed by atoms with E-state index in [0.717, 1.165) is 49.0 Å². The van der Waals surface area contributed by atoms with Crippen molar-refractivity contribution in [2.24, 2.45) is 5.92 Å². The van der Waals surface area contributed by atoms with Gasteiger partial charge in [0.15, 0.2) is 0 Å². The van der Waals surface area contributed by atoms with Gasteiger partial charge in [0.25, 0.3) is 0 Å². The van der Waals surface area contributed by atoms with Crippen LogP contribution in [0, 0.1) is 5.92 Å². The SMILES string of the molecule is CCCCCCCCCc1cccc(OCCCCOC(=O)C(CC)C[N+](C)(C)Cc2ccccc2)c1. The Kier molecular flexibility index (Phi) is 15.0. The van der Waals surface area contributed by atoms with Gasteiger partial charge < -0.3 is 14.0 Å². The van der Waals surface area contributed by atoms with Gasteiger partial charge in [-0.25, -0.2) is 0 Å². The summed E-state index contributed by atoms with van der Waals surface area (Å²) >= 11 is 0. The van der Waals surface area contributed by atoms with Gasteiger partial charge in [0.1, 0.15) is 18.2 Å². The fourth-order valence-electron chi connectivity index (χ4n) is 4.87. The zero-order valence-corrected chi connectivity index (χ0v) is 24.1. The van der Waals surface area contributed by atoms with Gasteiger partial charge in [-0.2, -0.15) is 0 Å². The van der Waals surface area contributed by atoms with Crippen LogP contribution in [0.15, 0.2) is 54.6 Å². The van der Waals surface area contributed by atoms with E-state index in [1.54, 1.807) is 0 Å². The predicted octanol–water partition coefficient (Wildman–Crippen LogP) is 7.98. The van der Waals surface area contributed by atoms with Crippen LogP contribution in [0.5, 0.6) is 5.75 Å². The van der Waals surface area contributed by atoms with Crippen molar-refractivity contribution in [2.45, 2.75) is 91.0 Å². The zero-order chi connectivity index (χ0) is 26.8. The number of carbonyl (C=O) groups is 1. The Morgan fingerprint density at radius 3 is 2.19 bits per heavy atom. The van der Waals surface area contributed by atoms with E-state index < -0.39 is 0 Å². The molecule has 0 heterocycles. The van der Waals surface area contributed by atoms with E-state index in [2.05, 4.69) is 70.4 Å².